The van der Waals surface area contributed by atoms with Crippen LogP contribution in [0, 0.1) is 18.6 Å². The maximum Gasteiger partial charge on any atom is 0.196 e. The summed E-state index contributed by atoms with van der Waals surface area (Å²) >= 11 is 0. The highest BCUT2D eigenvalue weighted by atomic mass is 19.1. The van der Waals surface area contributed by atoms with E-state index in [1.807, 2.05) is 0 Å². The van der Waals surface area contributed by atoms with Crippen LogP contribution in [0.4, 0.5) is 8.78 Å². The van der Waals surface area contributed by atoms with Gasteiger partial charge in [0, 0.05) is 11.1 Å². The molecule has 0 aliphatic rings. The predicted octanol–water partition coefficient (Wildman–Crippen LogP) is 3.46. The topological polar surface area (TPSA) is 70.7 Å². The van der Waals surface area contributed by atoms with Gasteiger partial charge < -0.3 is 14.6 Å². The third-order valence-electron chi connectivity index (χ3n) is 3.38. The number of phenols is 2. The molecule has 3 rings (SSSR count). The van der Waals surface area contributed by atoms with Crippen LogP contribution in [0.5, 0.6) is 11.5 Å². The monoisotopic (exact) mass is 304 g/mol. The molecule has 2 N–H and O–H groups in total. The molecule has 2 aromatic carbocycles. The molecule has 0 radical (unpaired) electrons. The quantitative estimate of drug-likeness (QED) is 0.722. The van der Waals surface area contributed by atoms with Gasteiger partial charge >= 0.3 is 0 Å². The minimum atomic E-state index is -1.15. The molecule has 0 fully saturated rings. The minimum Gasteiger partial charge on any atom is -0.508 e. The standard InChI is InChI=1S/C16H10F2O4/c1-7-14(20)10-6-9(19)2-3-13(10)22-16(7)8-4-11(17)15(21)12(18)5-8/h2-6,19,21H,1H3. The molecule has 0 aliphatic heterocycles. The molecule has 0 atom stereocenters. The van der Waals surface area contributed by atoms with E-state index in [1.165, 1.54) is 25.1 Å². The summed E-state index contributed by atoms with van der Waals surface area (Å²) in [4.78, 5) is 12.3. The third-order valence-corrected chi connectivity index (χ3v) is 3.38. The Bertz CT molecular complexity index is 937. The lowest BCUT2D eigenvalue weighted by Crippen LogP contribution is -2.07. The van der Waals surface area contributed by atoms with Gasteiger partial charge in [-0.25, -0.2) is 8.78 Å². The van der Waals surface area contributed by atoms with E-state index in [2.05, 4.69) is 0 Å². The lowest BCUT2D eigenvalue weighted by molar-refractivity contribution is 0.396. The first-order chi connectivity index (χ1) is 10.4. The van der Waals surface area contributed by atoms with E-state index in [4.69, 9.17) is 9.52 Å². The van der Waals surface area contributed by atoms with E-state index >= 15 is 0 Å². The second-order valence-electron chi connectivity index (χ2n) is 4.85. The number of rotatable bonds is 1. The van der Waals surface area contributed by atoms with Crippen molar-refractivity contribution >= 4 is 11.0 Å². The van der Waals surface area contributed by atoms with Gasteiger partial charge in [0.05, 0.1) is 5.39 Å². The van der Waals surface area contributed by atoms with Crippen LogP contribution in [-0.4, -0.2) is 10.2 Å². The number of fused-ring (bicyclic) bond motifs is 1. The first kappa shape index (κ1) is 14.1. The van der Waals surface area contributed by atoms with Crippen LogP contribution in [0.3, 0.4) is 0 Å². The Balaban J connectivity index is 2.35. The van der Waals surface area contributed by atoms with E-state index in [9.17, 15) is 18.7 Å². The number of phenolic OH excluding ortho intramolecular Hbond substituents is 2. The van der Waals surface area contributed by atoms with Gasteiger partial charge in [-0.2, -0.15) is 0 Å². The zero-order valence-corrected chi connectivity index (χ0v) is 11.4. The van der Waals surface area contributed by atoms with Gasteiger partial charge in [-0.15, -0.1) is 0 Å². The summed E-state index contributed by atoms with van der Waals surface area (Å²) < 4.78 is 32.5. The zero-order chi connectivity index (χ0) is 16.0. The Labute approximate surface area is 122 Å². The summed E-state index contributed by atoms with van der Waals surface area (Å²) in [6.07, 6.45) is 0. The van der Waals surface area contributed by atoms with Crippen molar-refractivity contribution in [3.8, 4) is 22.8 Å². The molecule has 0 saturated heterocycles. The van der Waals surface area contributed by atoms with Crippen molar-refractivity contribution < 1.29 is 23.4 Å². The Morgan fingerprint density at radius 2 is 1.68 bits per heavy atom. The Morgan fingerprint density at radius 3 is 2.32 bits per heavy atom. The highest BCUT2D eigenvalue weighted by Gasteiger charge is 2.17. The number of hydrogen-bond donors (Lipinski definition) is 2. The fourth-order valence-electron chi connectivity index (χ4n) is 2.25. The molecule has 0 unspecified atom stereocenters. The van der Waals surface area contributed by atoms with Crippen molar-refractivity contribution in [1.82, 2.24) is 0 Å². The molecule has 6 heteroatoms. The van der Waals surface area contributed by atoms with E-state index in [0.29, 0.717) is 0 Å². The van der Waals surface area contributed by atoms with Gasteiger partial charge in [-0.1, -0.05) is 0 Å². The van der Waals surface area contributed by atoms with Gasteiger partial charge in [0.1, 0.15) is 17.1 Å². The van der Waals surface area contributed by atoms with Gasteiger partial charge in [-0.3, -0.25) is 4.79 Å². The maximum absolute atomic E-state index is 13.5. The van der Waals surface area contributed by atoms with Crippen molar-refractivity contribution in [3.05, 3.63) is 57.8 Å². The van der Waals surface area contributed by atoms with Gasteiger partial charge in [0.15, 0.2) is 22.8 Å². The molecule has 0 bridgehead atoms. The van der Waals surface area contributed by atoms with E-state index < -0.39 is 22.8 Å². The Kier molecular flexibility index (Phi) is 3.09. The summed E-state index contributed by atoms with van der Waals surface area (Å²) in [5.41, 5.74) is -0.0988. The van der Waals surface area contributed by atoms with Crippen LogP contribution < -0.4 is 5.43 Å². The largest absolute Gasteiger partial charge is 0.508 e. The van der Waals surface area contributed by atoms with Gasteiger partial charge in [0.2, 0.25) is 0 Å². The van der Waals surface area contributed by atoms with E-state index in [1.54, 1.807) is 0 Å². The van der Waals surface area contributed by atoms with Crippen LogP contribution in [0.15, 0.2) is 39.5 Å². The lowest BCUT2D eigenvalue weighted by atomic mass is 10.0. The van der Waals surface area contributed by atoms with Crippen molar-refractivity contribution in [2.24, 2.45) is 0 Å². The molecule has 0 saturated carbocycles. The SMILES string of the molecule is Cc1c(-c2cc(F)c(O)c(F)c2)oc2ccc(O)cc2c1=O. The van der Waals surface area contributed by atoms with Crippen molar-refractivity contribution in [2.75, 3.05) is 0 Å². The molecule has 4 nitrogen and oxygen atoms in total. The first-order valence-electron chi connectivity index (χ1n) is 6.33. The molecule has 0 spiro atoms. The second kappa shape index (κ2) is 4.84. The summed E-state index contributed by atoms with van der Waals surface area (Å²) in [5, 5.41) is 18.7. The number of benzene rings is 2. The summed E-state index contributed by atoms with van der Waals surface area (Å²) in [6.45, 7) is 1.45. The molecule has 112 valence electrons. The summed E-state index contributed by atoms with van der Waals surface area (Å²) in [5.74, 6) is -3.48. The molecule has 22 heavy (non-hydrogen) atoms. The second-order valence-corrected chi connectivity index (χ2v) is 4.85. The van der Waals surface area contributed by atoms with E-state index in [0.717, 1.165) is 12.1 Å². The highest BCUT2D eigenvalue weighted by molar-refractivity contribution is 5.81. The molecule has 0 amide bonds. The summed E-state index contributed by atoms with van der Waals surface area (Å²) in [7, 11) is 0. The molecule has 1 aromatic heterocycles. The molecular formula is C16H10F2O4. The fourth-order valence-corrected chi connectivity index (χ4v) is 2.25. The predicted molar refractivity (Wildman–Crippen MR) is 75.9 cm³/mol. The van der Waals surface area contributed by atoms with Crippen LogP contribution in [-0.2, 0) is 0 Å². The highest BCUT2D eigenvalue weighted by Crippen LogP contribution is 2.31. The van der Waals surface area contributed by atoms with Crippen LogP contribution in [0.2, 0.25) is 0 Å². The van der Waals surface area contributed by atoms with Gasteiger partial charge in [0.25, 0.3) is 0 Å². The third kappa shape index (κ3) is 2.09. The molecule has 0 aliphatic carbocycles. The lowest BCUT2D eigenvalue weighted by Gasteiger charge is -2.08. The first-order valence-corrected chi connectivity index (χ1v) is 6.33. The molecular weight excluding hydrogens is 294 g/mol. The summed E-state index contributed by atoms with van der Waals surface area (Å²) in [6, 6.07) is 5.76. The van der Waals surface area contributed by atoms with Crippen LogP contribution in [0.25, 0.3) is 22.3 Å². The molecule has 1 heterocycles. The van der Waals surface area contributed by atoms with Crippen molar-refractivity contribution in [3.63, 3.8) is 0 Å². The van der Waals surface area contributed by atoms with Crippen LogP contribution in [0.1, 0.15) is 5.56 Å². The Hall–Kier alpha value is -2.89. The number of hydrogen-bond acceptors (Lipinski definition) is 4. The number of halogens is 2. The smallest absolute Gasteiger partial charge is 0.196 e. The van der Waals surface area contributed by atoms with E-state index in [-0.39, 0.29) is 33.6 Å². The average molecular weight is 304 g/mol. The average Bonchev–Trinajstić information content (AvgIpc) is 2.48. The van der Waals surface area contributed by atoms with Crippen molar-refractivity contribution in [1.29, 1.82) is 0 Å². The molecule has 3 aromatic rings. The normalized spacial score (nSPS) is 11.0. The van der Waals surface area contributed by atoms with Crippen LogP contribution >= 0.6 is 0 Å². The minimum absolute atomic E-state index is 0.000916. The zero-order valence-electron chi connectivity index (χ0n) is 11.4. The fraction of sp³-hybridized carbons (Fsp3) is 0.0625. The maximum atomic E-state index is 13.5. The Morgan fingerprint density at radius 1 is 1.05 bits per heavy atom. The van der Waals surface area contributed by atoms with Gasteiger partial charge in [-0.05, 0) is 37.3 Å². The number of aromatic hydroxyl groups is 2. The van der Waals surface area contributed by atoms with Crippen molar-refractivity contribution in [2.45, 2.75) is 6.92 Å².